The molecule has 1 aliphatic carbocycles. The molecule has 9 nitrogen and oxygen atoms in total. The van der Waals surface area contributed by atoms with E-state index in [0.717, 1.165) is 25.7 Å². The van der Waals surface area contributed by atoms with E-state index in [0.29, 0.717) is 22.8 Å². The zero-order valence-electron chi connectivity index (χ0n) is 15.7. The predicted octanol–water partition coefficient (Wildman–Crippen LogP) is 0.717. The van der Waals surface area contributed by atoms with Gasteiger partial charge in [-0.3, -0.25) is 4.57 Å². The maximum absolute atomic E-state index is 10.8. The molecule has 0 aromatic carbocycles. The second kappa shape index (κ2) is 6.97. The van der Waals surface area contributed by atoms with Gasteiger partial charge >= 0.3 is 0 Å². The predicted molar refractivity (Wildman–Crippen MR) is 97.8 cm³/mol. The van der Waals surface area contributed by atoms with Crippen molar-refractivity contribution in [3.63, 3.8) is 0 Å². The minimum Gasteiger partial charge on any atom is -0.394 e. The Hall–Kier alpha value is -1.81. The van der Waals surface area contributed by atoms with Crippen LogP contribution in [0.2, 0.25) is 0 Å². The minimum absolute atomic E-state index is 0.0938. The van der Waals surface area contributed by atoms with Crippen LogP contribution < -0.4 is 5.73 Å². The topological polar surface area (TPSA) is 129 Å². The van der Waals surface area contributed by atoms with Gasteiger partial charge in [0.15, 0.2) is 17.2 Å². The summed E-state index contributed by atoms with van der Waals surface area (Å²) in [6, 6.07) is 0. The summed E-state index contributed by atoms with van der Waals surface area (Å²) in [6.07, 6.45) is 4.48. The molecule has 2 aromatic rings. The summed E-state index contributed by atoms with van der Waals surface area (Å²) in [5, 5.41) is 20.6. The Bertz CT molecular complexity index is 821. The van der Waals surface area contributed by atoms with Crippen LogP contribution in [0.5, 0.6) is 0 Å². The zero-order chi connectivity index (χ0) is 19.2. The molecule has 4 atom stereocenters. The van der Waals surface area contributed by atoms with Crippen LogP contribution >= 0.6 is 0 Å². The van der Waals surface area contributed by atoms with E-state index in [4.69, 9.17) is 15.2 Å². The summed E-state index contributed by atoms with van der Waals surface area (Å²) in [5.74, 6) is 0.935. The number of nitrogens with zero attached hydrogens (tertiary/aromatic N) is 4. The number of nitrogen functional groups attached to an aromatic ring is 1. The third-order valence-electron chi connectivity index (χ3n) is 5.97. The molecule has 2 aliphatic rings. The second-order valence-electron chi connectivity index (χ2n) is 7.52. The van der Waals surface area contributed by atoms with Gasteiger partial charge in [-0.15, -0.1) is 0 Å². The quantitative estimate of drug-likeness (QED) is 0.711. The first-order chi connectivity index (χ1) is 13.0. The molecule has 3 heterocycles. The first-order valence-corrected chi connectivity index (χ1v) is 9.50. The standard InChI is InChI=1S/C18H27N5O4/c1-10-21-16(19)13-17(22-10)23(9-20-13)18(11-6-4-3-5-7-11)15(26-2)14(25)12(8-24)27-18/h9,11-12,14-15,24-25H,3-8H2,1-2H3,(H2,19,21,22)/t12-,14-,15-,18-/m1/s1. The number of anilines is 1. The SMILES string of the molecule is CO[C@@H]1[C@H](O)[C@@H](CO)O[C@@]1(C1CCCCC1)n1cnc2c(N)nc(C)nc21. The number of aryl methyl sites for hydroxylation is 1. The number of methoxy groups -OCH3 is 1. The third kappa shape index (κ3) is 2.72. The third-order valence-corrected chi connectivity index (χ3v) is 5.97. The van der Waals surface area contributed by atoms with Crippen molar-refractivity contribution in [3.8, 4) is 0 Å². The highest BCUT2D eigenvalue weighted by Gasteiger charge is 2.60. The van der Waals surface area contributed by atoms with Crippen molar-refractivity contribution >= 4 is 17.0 Å². The van der Waals surface area contributed by atoms with Crippen LogP contribution in [0.3, 0.4) is 0 Å². The van der Waals surface area contributed by atoms with Crippen molar-refractivity contribution in [2.45, 2.75) is 63.1 Å². The molecule has 2 aromatic heterocycles. The number of aliphatic hydroxyl groups is 2. The second-order valence-corrected chi connectivity index (χ2v) is 7.52. The van der Waals surface area contributed by atoms with Gasteiger partial charge in [0.25, 0.3) is 0 Å². The summed E-state index contributed by atoms with van der Waals surface area (Å²) in [4.78, 5) is 13.2. The summed E-state index contributed by atoms with van der Waals surface area (Å²) in [6.45, 7) is 1.48. The molecule has 27 heavy (non-hydrogen) atoms. The number of ether oxygens (including phenoxy) is 2. The Balaban J connectivity index is 1.94. The lowest BCUT2D eigenvalue weighted by atomic mass is 9.78. The summed E-state index contributed by atoms with van der Waals surface area (Å²) < 4.78 is 14.0. The fourth-order valence-electron chi connectivity index (χ4n) is 4.80. The smallest absolute Gasteiger partial charge is 0.179 e. The number of hydrogen-bond donors (Lipinski definition) is 3. The number of fused-ring (bicyclic) bond motifs is 1. The van der Waals surface area contributed by atoms with Crippen molar-refractivity contribution in [1.29, 1.82) is 0 Å². The van der Waals surface area contributed by atoms with Gasteiger partial charge in [-0.05, 0) is 19.8 Å². The highest BCUT2D eigenvalue weighted by Crippen LogP contribution is 2.49. The molecule has 0 unspecified atom stereocenters. The fourth-order valence-corrected chi connectivity index (χ4v) is 4.80. The lowest BCUT2D eigenvalue weighted by Gasteiger charge is -2.43. The van der Waals surface area contributed by atoms with Crippen molar-refractivity contribution in [1.82, 2.24) is 19.5 Å². The number of rotatable bonds is 4. The molecule has 1 aliphatic heterocycles. The maximum Gasteiger partial charge on any atom is 0.179 e. The largest absolute Gasteiger partial charge is 0.394 e. The van der Waals surface area contributed by atoms with Crippen molar-refractivity contribution in [2.75, 3.05) is 19.5 Å². The summed E-state index contributed by atoms with van der Waals surface area (Å²) >= 11 is 0. The molecule has 4 rings (SSSR count). The minimum atomic E-state index is -1.01. The van der Waals surface area contributed by atoms with Gasteiger partial charge in [0.2, 0.25) is 0 Å². The van der Waals surface area contributed by atoms with E-state index in [1.807, 2.05) is 4.57 Å². The average molecular weight is 377 g/mol. The van der Waals surface area contributed by atoms with Gasteiger partial charge in [0.05, 0.1) is 12.9 Å². The molecule has 0 bridgehead atoms. The number of nitrogens with two attached hydrogens (primary N) is 1. The van der Waals surface area contributed by atoms with Crippen LogP contribution in [0.25, 0.3) is 11.2 Å². The lowest BCUT2D eigenvalue weighted by Crippen LogP contribution is -2.52. The molecule has 148 valence electrons. The molecule has 1 saturated carbocycles. The summed E-state index contributed by atoms with van der Waals surface area (Å²) in [7, 11) is 1.56. The summed E-state index contributed by atoms with van der Waals surface area (Å²) in [5.41, 5.74) is 6.09. The van der Waals surface area contributed by atoms with Crippen LogP contribution in [0.15, 0.2) is 6.33 Å². The van der Waals surface area contributed by atoms with Gasteiger partial charge < -0.3 is 25.4 Å². The van der Waals surface area contributed by atoms with Gasteiger partial charge in [0, 0.05) is 13.0 Å². The van der Waals surface area contributed by atoms with Crippen LogP contribution in [0.1, 0.15) is 37.9 Å². The lowest BCUT2D eigenvalue weighted by molar-refractivity contribution is -0.194. The molecule has 0 amide bonds. The molecule has 1 saturated heterocycles. The van der Waals surface area contributed by atoms with E-state index in [-0.39, 0.29) is 12.5 Å². The first-order valence-electron chi connectivity index (χ1n) is 9.50. The van der Waals surface area contributed by atoms with E-state index < -0.39 is 24.0 Å². The van der Waals surface area contributed by atoms with E-state index in [1.165, 1.54) is 6.42 Å². The van der Waals surface area contributed by atoms with Crippen molar-refractivity contribution in [3.05, 3.63) is 12.2 Å². The van der Waals surface area contributed by atoms with E-state index in [1.54, 1.807) is 20.4 Å². The van der Waals surface area contributed by atoms with Crippen molar-refractivity contribution in [2.24, 2.45) is 5.92 Å². The number of imidazole rings is 1. The molecule has 9 heteroatoms. The van der Waals surface area contributed by atoms with Crippen LogP contribution in [-0.2, 0) is 15.2 Å². The van der Waals surface area contributed by atoms with Gasteiger partial charge in [-0.1, -0.05) is 19.3 Å². The molecule has 2 fully saturated rings. The van der Waals surface area contributed by atoms with E-state index in [2.05, 4.69) is 15.0 Å². The Morgan fingerprint density at radius 2 is 2.07 bits per heavy atom. The Morgan fingerprint density at radius 1 is 1.33 bits per heavy atom. The highest BCUT2D eigenvalue weighted by atomic mass is 16.6. The Morgan fingerprint density at radius 3 is 2.74 bits per heavy atom. The molecule has 0 radical (unpaired) electrons. The Kier molecular flexibility index (Phi) is 4.79. The molecular weight excluding hydrogens is 350 g/mol. The average Bonchev–Trinajstić information content (AvgIpc) is 3.21. The van der Waals surface area contributed by atoms with E-state index >= 15 is 0 Å². The maximum atomic E-state index is 10.8. The molecular formula is C18H27N5O4. The van der Waals surface area contributed by atoms with E-state index in [9.17, 15) is 10.2 Å². The number of aliphatic hydroxyl groups excluding tert-OH is 2. The van der Waals surface area contributed by atoms with Gasteiger partial charge in [0.1, 0.15) is 29.7 Å². The van der Waals surface area contributed by atoms with Crippen LogP contribution in [-0.4, -0.2) is 61.8 Å². The normalized spacial score (nSPS) is 32.4. The highest BCUT2D eigenvalue weighted by molar-refractivity contribution is 5.81. The number of aromatic nitrogens is 4. The van der Waals surface area contributed by atoms with Crippen LogP contribution in [0, 0.1) is 12.8 Å². The molecule has 0 spiro atoms. The Labute approximate surface area is 157 Å². The number of hydrogen-bond acceptors (Lipinski definition) is 8. The fraction of sp³-hybridized carbons (Fsp3) is 0.722. The molecule has 4 N–H and O–H groups in total. The first kappa shape index (κ1) is 18.5. The van der Waals surface area contributed by atoms with Gasteiger partial charge in [-0.25, -0.2) is 15.0 Å². The van der Waals surface area contributed by atoms with Crippen LogP contribution in [0.4, 0.5) is 5.82 Å². The zero-order valence-corrected chi connectivity index (χ0v) is 15.7. The van der Waals surface area contributed by atoms with Gasteiger partial charge in [-0.2, -0.15) is 0 Å². The monoisotopic (exact) mass is 377 g/mol. The van der Waals surface area contributed by atoms with Crippen molar-refractivity contribution < 1.29 is 19.7 Å².